The highest BCUT2D eigenvalue weighted by molar-refractivity contribution is 7.17. The quantitative estimate of drug-likeness (QED) is 0.603. The van der Waals surface area contributed by atoms with Gasteiger partial charge in [0.15, 0.2) is 6.23 Å². The Morgan fingerprint density at radius 1 is 1.15 bits per heavy atom. The third kappa shape index (κ3) is 3.32. The average molecular weight is 461 g/mol. The number of rotatable bonds is 5. The van der Waals surface area contributed by atoms with Crippen molar-refractivity contribution >= 4 is 34.0 Å². The molecular weight excluding hydrogens is 432 g/mol. The zero-order valence-electron chi connectivity index (χ0n) is 18.5. The van der Waals surface area contributed by atoms with Gasteiger partial charge in [-0.25, -0.2) is 0 Å². The van der Waals surface area contributed by atoms with Crippen molar-refractivity contribution in [3.8, 4) is 10.4 Å². The first kappa shape index (κ1) is 19.8. The molecule has 2 aliphatic heterocycles. The lowest BCUT2D eigenvalue weighted by Gasteiger charge is -2.29. The Hall–Kier alpha value is -2.64. The minimum atomic E-state index is -0.554. The molecule has 3 aromatic rings. The van der Waals surface area contributed by atoms with Gasteiger partial charge in [0, 0.05) is 42.1 Å². The number of aromatic nitrogens is 1. The maximum absolute atomic E-state index is 12.5. The smallest absolute Gasteiger partial charge is 0.225 e. The van der Waals surface area contributed by atoms with Gasteiger partial charge in [-0.3, -0.25) is 9.79 Å². The second-order valence-electron chi connectivity index (χ2n) is 10.2. The van der Waals surface area contributed by atoms with Crippen LogP contribution in [-0.4, -0.2) is 63.0 Å². The number of aliphatic hydroxyl groups is 1. The summed E-state index contributed by atoms with van der Waals surface area (Å²) in [6.45, 7) is 2.43. The molecule has 1 amide bonds. The summed E-state index contributed by atoms with van der Waals surface area (Å²) >= 11 is 1.74. The molecule has 4 aliphatic rings. The van der Waals surface area contributed by atoms with E-state index in [1.165, 1.54) is 15.8 Å². The van der Waals surface area contributed by atoms with Crippen LogP contribution in [0.3, 0.4) is 0 Å². The Bertz CT molecular complexity index is 1270. The number of aromatic amines is 1. The fourth-order valence-electron chi connectivity index (χ4n) is 5.48. The second-order valence-corrected chi connectivity index (χ2v) is 11.3. The highest BCUT2D eigenvalue weighted by Gasteiger charge is 2.57. The fraction of sp³-hybridized carbons (Fsp3) is 0.462. The number of likely N-dealkylation sites (tertiary alicyclic amines) is 1. The number of benzene rings is 1. The van der Waals surface area contributed by atoms with Crippen molar-refractivity contribution in [2.45, 2.75) is 43.9 Å². The monoisotopic (exact) mass is 460 g/mol. The summed E-state index contributed by atoms with van der Waals surface area (Å²) in [4.78, 5) is 27.4. The van der Waals surface area contributed by atoms with E-state index in [2.05, 4.69) is 51.2 Å². The van der Waals surface area contributed by atoms with E-state index in [0.29, 0.717) is 11.8 Å². The molecule has 3 fully saturated rings. The standard InChI is InChI=1S/C26H28N4O2S/c31-24(18-2-3-18)29-12-8-16(14-29)15-30-23(28-26(9-10-26)25(30)32)22-6-5-21(33-22)19-4-1-17-7-11-27-20(17)13-19/h1,4-7,11,13,16,18,25,27,32H,2-3,8-10,12,14-15H2. The maximum atomic E-state index is 12.5. The van der Waals surface area contributed by atoms with E-state index in [-0.39, 0.29) is 11.5 Å². The Kier molecular flexibility index (Phi) is 4.31. The van der Waals surface area contributed by atoms with Crippen molar-refractivity contribution in [2.75, 3.05) is 19.6 Å². The molecule has 2 atom stereocenters. The number of fused-ring (bicyclic) bond motifs is 1. The fourth-order valence-corrected chi connectivity index (χ4v) is 6.49. The first-order valence-electron chi connectivity index (χ1n) is 12.1. The molecular formula is C26H28N4O2S. The summed E-state index contributed by atoms with van der Waals surface area (Å²) < 4.78 is 0. The maximum Gasteiger partial charge on any atom is 0.225 e. The summed E-state index contributed by atoms with van der Waals surface area (Å²) in [5.41, 5.74) is 2.02. The number of H-pyrrole nitrogens is 1. The zero-order chi connectivity index (χ0) is 22.2. The summed E-state index contributed by atoms with van der Waals surface area (Å²) in [6.07, 6.45) is 6.44. The Morgan fingerprint density at radius 3 is 2.82 bits per heavy atom. The molecule has 0 radical (unpaired) electrons. The van der Waals surface area contributed by atoms with E-state index in [4.69, 9.17) is 4.99 Å². The lowest BCUT2D eigenvalue weighted by molar-refractivity contribution is -0.131. The molecule has 2 N–H and O–H groups in total. The Labute approximate surface area is 196 Å². The second kappa shape index (κ2) is 7.18. The number of aliphatic hydroxyl groups excluding tert-OH is 1. The van der Waals surface area contributed by atoms with Gasteiger partial charge in [0.25, 0.3) is 0 Å². The van der Waals surface area contributed by atoms with Gasteiger partial charge >= 0.3 is 0 Å². The molecule has 2 unspecified atom stereocenters. The first-order chi connectivity index (χ1) is 16.1. The van der Waals surface area contributed by atoms with Crippen LogP contribution >= 0.6 is 11.3 Å². The highest BCUT2D eigenvalue weighted by Crippen LogP contribution is 2.49. The van der Waals surface area contributed by atoms with E-state index < -0.39 is 6.23 Å². The van der Waals surface area contributed by atoms with Crippen LogP contribution in [0.2, 0.25) is 0 Å². The predicted molar refractivity (Wildman–Crippen MR) is 130 cm³/mol. The largest absolute Gasteiger partial charge is 0.371 e. The van der Waals surface area contributed by atoms with Crippen LogP contribution in [0.4, 0.5) is 0 Å². The van der Waals surface area contributed by atoms with E-state index in [1.54, 1.807) is 11.3 Å². The summed E-state index contributed by atoms with van der Waals surface area (Å²) in [5.74, 6) is 1.94. The summed E-state index contributed by atoms with van der Waals surface area (Å²) in [6, 6.07) is 12.9. The summed E-state index contributed by atoms with van der Waals surface area (Å²) in [7, 11) is 0. The van der Waals surface area contributed by atoms with E-state index in [1.807, 2.05) is 6.20 Å². The number of hydrogen-bond donors (Lipinski definition) is 2. The van der Waals surface area contributed by atoms with Crippen molar-refractivity contribution in [3.63, 3.8) is 0 Å². The number of carbonyl (C=O) groups is 1. The number of amides is 1. The molecule has 4 heterocycles. The molecule has 0 bridgehead atoms. The topological polar surface area (TPSA) is 71.9 Å². The van der Waals surface area contributed by atoms with Crippen molar-refractivity contribution in [1.82, 2.24) is 14.8 Å². The van der Waals surface area contributed by atoms with Crippen LogP contribution in [0.15, 0.2) is 47.6 Å². The SMILES string of the molecule is O=C(C1CC1)N1CCC(CN2C(c3ccc(-c4ccc5cc[nH]c5c4)s3)=NC3(CC3)C2O)C1. The third-order valence-corrected chi connectivity index (χ3v) is 8.91. The van der Waals surface area contributed by atoms with E-state index in [9.17, 15) is 9.90 Å². The lowest BCUT2D eigenvalue weighted by Crippen LogP contribution is -2.44. The molecule has 7 heteroatoms. The number of thiophene rings is 1. The number of nitrogens with zero attached hydrogens (tertiary/aromatic N) is 3. The molecule has 7 rings (SSSR count). The van der Waals surface area contributed by atoms with Gasteiger partial charge < -0.3 is 19.9 Å². The van der Waals surface area contributed by atoms with Crippen molar-refractivity contribution in [1.29, 1.82) is 0 Å². The summed E-state index contributed by atoms with van der Waals surface area (Å²) in [5, 5.41) is 12.4. The van der Waals surface area contributed by atoms with Crippen molar-refractivity contribution < 1.29 is 9.90 Å². The molecule has 1 saturated heterocycles. The van der Waals surface area contributed by atoms with Crippen LogP contribution < -0.4 is 0 Å². The first-order valence-corrected chi connectivity index (χ1v) is 12.9. The number of nitrogens with one attached hydrogen (secondary N) is 1. The molecule has 1 aromatic carbocycles. The van der Waals surface area contributed by atoms with Gasteiger partial charge in [-0.1, -0.05) is 12.1 Å². The molecule has 2 aromatic heterocycles. The zero-order valence-corrected chi connectivity index (χ0v) is 19.4. The average Bonchev–Trinajstić information content (AvgIpc) is 3.59. The van der Waals surface area contributed by atoms with Crippen LogP contribution in [0, 0.1) is 11.8 Å². The molecule has 33 heavy (non-hydrogen) atoms. The normalized spacial score (nSPS) is 25.9. The molecule has 2 aliphatic carbocycles. The minimum absolute atomic E-state index is 0.280. The van der Waals surface area contributed by atoms with Crippen molar-refractivity contribution in [3.05, 3.63) is 47.5 Å². The van der Waals surface area contributed by atoms with Crippen LogP contribution in [0.5, 0.6) is 0 Å². The number of amidine groups is 1. The van der Waals surface area contributed by atoms with E-state index >= 15 is 0 Å². The van der Waals surface area contributed by atoms with Gasteiger partial charge in [-0.2, -0.15) is 0 Å². The van der Waals surface area contributed by atoms with Gasteiger partial charge in [0.2, 0.25) is 5.91 Å². The van der Waals surface area contributed by atoms with Gasteiger partial charge in [-0.05, 0) is 73.2 Å². The van der Waals surface area contributed by atoms with Gasteiger partial charge in [0.1, 0.15) is 11.4 Å². The number of aliphatic imine (C=N–C) groups is 1. The van der Waals surface area contributed by atoms with Crippen LogP contribution in [0.1, 0.15) is 37.0 Å². The highest BCUT2D eigenvalue weighted by atomic mass is 32.1. The minimum Gasteiger partial charge on any atom is -0.371 e. The predicted octanol–water partition coefficient (Wildman–Crippen LogP) is 4.07. The molecule has 1 spiro atoms. The Balaban J connectivity index is 1.13. The van der Waals surface area contributed by atoms with Crippen LogP contribution in [-0.2, 0) is 4.79 Å². The lowest BCUT2D eigenvalue weighted by atomic mass is 10.1. The number of carbonyl (C=O) groups excluding carboxylic acids is 1. The molecule has 6 nitrogen and oxygen atoms in total. The van der Waals surface area contributed by atoms with Crippen molar-refractivity contribution in [2.24, 2.45) is 16.8 Å². The van der Waals surface area contributed by atoms with Gasteiger partial charge in [0.05, 0.1) is 4.88 Å². The van der Waals surface area contributed by atoms with Crippen LogP contribution in [0.25, 0.3) is 21.3 Å². The van der Waals surface area contributed by atoms with E-state index in [0.717, 1.165) is 68.0 Å². The Morgan fingerprint density at radius 2 is 2.00 bits per heavy atom. The molecule has 170 valence electrons. The third-order valence-electron chi connectivity index (χ3n) is 7.78. The molecule has 2 saturated carbocycles. The number of hydrogen-bond acceptors (Lipinski definition) is 5. The van der Waals surface area contributed by atoms with Gasteiger partial charge in [-0.15, -0.1) is 11.3 Å².